The number of aliphatic imine (C=N–C) groups is 1. The molecule has 0 saturated carbocycles. The monoisotopic (exact) mass is 502 g/mol. The quantitative estimate of drug-likeness (QED) is 0.342. The molecule has 2 heterocycles. The van der Waals surface area contributed by atoms with Crippen molar-refractivity contribution in [1.29, 1.82) is 0 Å². The van der Waals surface area contributed by atoms with E-state index in [4.69, 9.17) is 0 Å². The summed E-state index contributed by atoms with van der Waals surface area (Å²) in [5.74, 6) is 2.96. The summed E-state index contributed by atoms with van der Waals surface area (Å²) in [6.07, 6.45) is 3.53. The van der Waals surface area contributed by atoms with Crippen LogP contribution in [-0.2, 0) is 29.5 Å². The highest BCUT2D eigenvalue weighted by atomic mass is 127. The standard InChI is InChI=1S/C18H26N6OS.HI/c1-2-19-18(23-16-8-9-17-21-14-22-24(17)12-16)20-10-11-26(25)13-15-6-4-3-5-7-15;/h3-7,14,16H,2,8-13H2,1H3,(H2,19,20,23);1H. The van der Waals surface area contributed by atoms with E-state index in [0.717, 1.165) is 43.3 Å². The van der Waals surface area contributed by atoms with E-state index in [9.17, 15) is 4.21 Å². The molecular formula is C18H27IN6OS. The summed E-state index contributed by atoms with van der Waals surface area (Å²) in [4.78, 5) is 8.84. The molecule has 0 radical (unpaired) electrons. The third-order valence-electron chi connectivity index (χ3n) is 4.25. The Morgan fingerprint density at radius 2 is 2.19 bits per heavy atom. The van der Waals surface area contributed by atoms with Gasteiger partial charge in [-0.15, -0.1) is 24.0 Å². The zero-order chi connectivity index (χ0) is 18.2. The van der Waals surface area contributed by atoms with Crippen LogP contribution in [0.15, 0.2) is 41.7 Å². The van der Waals surface area contributed by atoms with Crippen LogP contribution in [0.2, 0.25) is 0 Å². The van der Waals surface area contributed by atoms with E-state index in [1.165, 1.54) is 0 Å². The van der Waals surface area contributed by atoms with Gasteiger partial charge in [0.1, 0.15) is 12.2 Å². The number of benzene rings is 1. The fraction of sp³-hybridized carbons (Fsp3) is 0.500. The normalized spacial score (nSPS) is 17.5. The molecule has 0 bridgehead atoms. The van der Waals surface area contributed by atoms with Crippen molar-refractivity contribution in [2.24, 2.45) is 4.99 Å². The van der Waals surface area contributed by atoms with Gasteiger partial charge in [0.15, 0.2) is 5.96 Å². The molecule has 0 saturated heterocycles. The number of hydrogen-bond donors (Lipinski definition) is 2. The molecule has 0 fully saturated rings. The van der Waals surface area contributed by atoms with Crippen molar-refractivity contribution < 1.29 is 4.21 Å². The predicted octanol–water partition coefficient (Wildman–Crippen LogP) is 1.71. The van der Waals surface area contributed by atoms with Crippen molar-refractivity contribution in [2.45, 2.75) is 38.1 Å². The molecular weight excluding hydrogens is 475 g/mol. The molecule has 7 nitrogen and oxygen atoms in total. The lowest BCUT2D eigenvalue weighted by Gasteiger charge is -2.25. The van der Waals surface area contributed by atoms with Crippen molar-refractivity contribution in [3.05, 3.63) is 48.0 Å². The van der Waals surface area contributed by atoms with Crippen molar-refractivity contribution in [2.75, 3.05) is 18.8 Å². The number of aromatic nitrogens is 3. The second-order valence-electron chi connectivity index (χ2n) is 6.27. The Morgan fingerprint density at radius 3 is 2.96 bits per heavy atom. The first-order valence-electron chi connectivity index (χ1n) is 9.05. The van der Waals surface area contributed by atoms with Crippen LogP contribution in [0.4, 0.5) is 0 Å². The van der Waals surface area contributed by atoms with Gasteiger partial charge in [-0.05, 0) is 18.9 Å². The van der Waals surface area contributed by atoms with E-state index < -0.39 is 10.8 Å². The summed E-state index contributed by atoms with van der Waals surface area (Å²) >= 11 is 0. The van der Waals surface area contributed by atoms with Crippen LogP contribution in [0.1, 0.15) is 24.7 Å². The summed E-state index contributed by atoms with van der Waals surface area (Å²) in [6, 6.07) is 10.2. The van der Waals surface area contributed by atoms with E-state index in [1.54, 1.807) is 6.33 Å². The molecule has 1 aromatic carbocycles. The van der Waals surface area contributed by atoms with E-state index in [0.29, 0.717) is 18.1 Å². The maximum atomic E-state index is 12.2. The lowest BCUT2D eigenvalue weighted by Crippen LogP contribution is -2.47. The largest absolute Gasteiger partial charge is 0.357 e. The van der Waals surface area contributed by atoms with Crippen molar-refractivity contribution >= 4 is 40.7 Å². The van der Waals surface area contributed by atoms with Gasteiger partial charge in [0.2, 0.25) is 0 Å². The average molecular weight is 502 g/mol. The van der Waals surface area contributed by atoms with Gasteiger partial charge in [-0.2, -0.15) is 5.10 Å². The highest BCUT2D eigenvalue weighted by Crippen LogP contribution is 2.11. The topological polar surface area (TPSA) is 84.2 Å². The van der Waals surface area contributed by atoms with Crippen LogP contribution in [0.5, 0.6) is 0 Å². The third-order valence-corrected chi connectivity index (χ3v) is 5.54. The summed E-state index contributed by atoms with van der Waals surface area (Å²) in [7, 11) is -0.907. The highest BCUT2D eigenvalue weighted by molar-refractivity contribution is 14.0. The smallest absolute Gasteiger partial charge is 0.191 e. The predicted molar refractivity (Wildman–Crippen MR) is 120 cm³/mol. The van der Waals surface area contributed by atoms with Crippen LogP contribution >= 0.6 is 24.0 Å². The molecule has 2 aromatic rings. The summed E-state index contributed by atoms with van der Waals surface area (Å²) in [6.45, 7) is 4.16. The summed E-state index contributed by atoms with van der Waals surface area (Å²) in [5, 5.41) is 11.0. The maximum absolute atomic E-state index is 12.2. The minimum atomic E-state index is -0.907. The minimum absolute atomic E-state index is 0. The zero-order valence-electron chi connectivity index (χ0n) is 15.5. The molecule has 0 aliphatic carbocycles. The van der Waals surface area contributed by atoms with Crippen LogP contribution in [0.3, 0.4) is 0 Å². The second kappa shape index (κ2) is 11.4. The number of rotatable bonds is 7. The van der Waals surface area contributed by atoms with Crippen LogP contribution < -0.4 is 10.6 Å². The first-order valence-corrected chi connectivity index (χ1v) is 10.5. The van der Waals surface area contributed by atoms with Gasteiger partial charge in [0, 0.05) is 41.3 Å². The van der Waals surface area contributed by atoms with Gasteiger partial charge in [-0.1, -0.05) is 30.3 Å². The van der Waals surface area contributed by atoms with E-state index in [1.807, 2.05) is 41.9 Å². The van der Waals surface area contributed by atoms with Crippen molar-refractivity contribution in [3.63, 3.8) is 0 Å². The Kier molecular flexibility index (Phi) is 9.19. The summed E-state index contributed by atoms with van der Waals surface area (Å²) in [5.41, 5.74) is 1.10. The first-order chi connectivity index (χ1) is 12.7. The maximum Gasteiger partial charge on any atom is 0.191 e. The Hall–Kier alpha value is -1.49. The fourth-order valence-corrected chi connectivity index (χ4v) is 3.96. The third kappa shape index (κ3) is 6.87. The minimum Gasteiger partial charge on any atom is -0.357 e. The van der Waals surface area contributed by atoms with Crippen LogP contribution in [0, 0.1) is 0 Å². The Morgan fingerprint density at radius 1 is 1.37 bits per heavy atom. The van der Waals surface area contributed by atoms with Crippen molar-refractivity contribution in [3.8, 4) is 0 Å². The van der Waals surface area contributed by atoms with E-state index in [2.05, 4.69) is 25.7 Å². The molecule has 2 atom stereocenters. The van der Waals surface area contributed by atoms with E-state index in [-0.39, 0.29) is 30.0 Å². The average Bonchev–Trinajstić information content (AvgIpc) is 3.10. The lowest BCUT2D eigenvalue weighted by atomic mass is 10.1. The molecule has 27 heavy (non-hydrogen) atoms. The Bertz CT molecular complexity index is 751. The first kappa shape index (κ1) is 21.8. The van der Waals surface area contributed by atoms with Gasteiger partial charge in [-0.25, -0.2) is 9.67 Å². The number of halogens is 1. The highest BCUT2D eigenvalue weighted by Gasteiger charge is 2.20. The molecule has 1 aromatic heterocycles. The molecule has 1 aliphatic rings. The molecule has 2 N–H and O–H groups in total. The number of guanidine groups is 1. The SMILES string of the molecule is CCNC(=NCCS(=O)Cc1ccccc1)NC1CCc2ncnn2C1.I. The van der Waals surface area contributed by atoms with Gasteiger partial charge in [0.25, 0.3) is 0 Å². The number of nitrogens with one attached hydrogen (secondary N) is 2. The second-order valence-corrected chi connectivity index (χ2v) is 7.85. The molecule has 2 unspecified atom stereocenters. The summed E-state index contributed by atoms with van der Waals surface area (Å²) < 4.78 is 14.2. The molecule has 148 valence electrons. The molecule has 1 aliphatic heterocycles. The molecule has 0 spiro atoms. The number of hydrogen-bond acceptors (Lipinski definition) is 4. The Labute approximate surface area is 179 Å². The van der Waals surface area contributed by atoms with E-state index >= 15 is 0 Å². The molecule has 0 amide bonds. The number of aryl methyl sites for hydroxylation is 1. The molecule has 9 heteroatoms. The number of nitrogens with zero attached hydrogens (tertiary/aromatic N) is 4. The fourth-order valence-electron chi connectivity index (χ4n) is 2.96. The van der Waals surface area contributed by atoms with Crippen molar-refractivity contribution in [1.82, 2.24) is 25.4 Å². The van der Waals surface area contributed by atoms with Gasteiger partial charge >= 0.3 is 0 Å². The van der Waals surface area contributed by atoms with Gasteiger partial charge < -0.3 is 10.6 Å². The Balaban J connectivity index is 0.00000261. The number of fused-ring (bicyclic) bond motifs is 1. The lowest BCUT2D eigenvalue weighted by molar-refractivity contribution is 0.393. The van der Waals surface area contributed by atoms with Gasteiger partial charge in [0.05, 0.1) is 13.1 Å². The van der Waals surface area contributed by atoms with Crippen LogP contribution in [0.25, 0.3) is 0 Å². The zero-order valence-corrected chi connectivity index (χ0v) is 18.7. The molecule has 3 rings (SSSR count). The van der Waals surface area contributed by atoms with Crippen LogP contribution in [-0.4, -0.2) is 49.8 Å². The van der Waals surface area contributed by atoms with Gasteiger partial charge in [-0.3, -0.25) is 9.20 Å².